The molecule has 1 aliphatic carbocycles. The summed E-state index contributed by atoms with van der Waals surface area (Å²) in [5.74, 6) is 1.96. The summed E-state index contributed by atoms with van der Waals surface area (Å²) in [5.41, 5.74) is 2.43. The highest BCUT2D eigenvalue weighted by molar-refractivity contribution is 5.62. The van der Waals surface area contributed by atoms with Gasteiger partial charge in [-0.25, -0.2) is 0 Å². The van der Waals surface area contributed by atoms with E-state index >= 15 is 0 Å². The Kier molecular flexibility index (Phi) is 3.19. The van der Waals surface area contributed by atoms with Crippen LogP contribution in [0.15, 0.2) is 18.2 Å². The number of fused-ring (bicyclic) bond motifs is 2. The van der Waals surface area contributed by atoms with Crippen molar-refractivity contribution in [1.82, 2.24) is 0 Å². The molecule has 0 spiro atoms. The lowest BCUT2D eigenvalue weighted by Gasteiger charge is -2.41. The molecule has 18 heavy (non-hydrogen) atoms. The number of ether oxygens (including phenoxy) is 1. The van der Waals surface area contributed by atoms with E-state index < -0.39 is 0 Å². The van der Waals surface area contributed by atoms with E-state index in [-0.39, 0.29) is 0 Å². The number of benzene rings is 1. The Morgan fingerprint density at radius 2 is 2.22 bits per heavy atom. The molecule has 98 valence electrons. The van der Waals surface area contributed by atoms with Gasteiger partial charge in [-0.05, 0) is 43.7 Å². The normalized spacial score (nSPS) is 29.8. The maximum Gasteiger partial charge on any atom is 0.145 e. The first-order valence-corrected chi connectivity index (χ1v) is 7.30. The fourth-order valence-electron chi connectivity index (χ4n) is 3.47. The Morgan fingerprint density at radius 3 is 3.06 bits per heavy atom. The van der Waals surface area contributed by atoms with Gasteiger partial charge in [-0.15, -0.1) is 0 Å². The van der Waals surface area contributed by atoms with Gasteiger partial charge in [0.05, 0.1) is 11.7 Å². The van der Waals surface area contributed by atoms with Crippen LogP contribution in [-0.4, -0.2) is 12.1 Å². The minimum atomic E-state index is 0.381. The van der Waals surface area contributed by atoms with Gasteiger partial charge in [0.15, 0.2) is 0 Å². The Bertz CT molecular complexity index is 429. The van der Waals surface area contributed by atoms with Crippen LogP contribution in [0, 0.1) is 12.8 Å². The van der Waals surface area contributed by atoms with Gasteiger partial charge in [0.1, 0.15) is 11.9 Å². The molecular formula is C16H23NO. The summed E-state index contributed by atoms with van der Waals surface area (Å²) >= 11 is 0. The van der Waals surface area contributed by atoms with Gasteiger partial charge in [-0.1, -0.05) is 31.9 Å². The van der Waals surface area contributed by atoms with E-state index in [9.17, 15) is 0 Å². The SMILES string of the molecule is CCCC1CCC2Oc3c(C)cccc3NC2C1. The lowest BCUT2D eigenvalue weighted by Crippen LogP contribution is -2.45. The van der Waals surface area contributed by atoms with Gasteiger partial charge in [0, 0.05) is 0 Å². The van der Waals surface area contributed by atoms with Crippen molar-refractivity contribution in [3.8, 4) is 5.75 Å². The number of nitrogens with one attached hydrogen (secondary N) is 1. The maximum atomic E-state index is 6.23. The minimum absolute atomic E-state index is 0.381. The summed E-state index contributed by atoms with van der Waals surface area (Å²) in [4.78, 5) is 0. The molecule has 2 aliphatic rings. The third kappa shape index (κ3) is 2.09. The van der Waals surface area contributed by atoms with Crippen molar-refractivity contribution in [2.75, 3.05) is 5.32 Å². The molecule has 2 nitrogen and oxygen atoms in total. The van der Waals surface area contributed by atoms with Crippen LogP contribution < -0.4 is 10.1 Å². The number of rotatable bonds is 2. The molecule has 1 N–H and O–H groups in total. The summed E-state index contributed by atoms with van der Waals surface area (Å²) in [7, 11) is 0. The van der Waals surface area contributed by atoms with Crippen molar-refractivity contribution in [1.29, 1.82) is 0 Å². The zero-order valence-corrected chi connectivity index (χ0v) is 11.4. The second-order valence-electron chi connectivity index (χ2n) is 5.83. The second kappa shape index (κ2) is 4.83. The molecule has 2 heteroatoms. The summed E-state index contributed by atoms with van der Waals surface area (Å²) in [6, 6.07) is 6.90. The van der Waals surface area contributed by atoms with Crippen LogP contribution in [0.25, 0.3) is 0 Å². The average Bonchev–Trinajstić information content (AvgIpc) is 2.38. The molecule has 1 aliphatic heterocycles. The molecule has 1 aromatic carbocycles. The van der Waals surface area contributed by atoms with Crippen molar-refractivity contribution in [2.24, 2.45) is 5.92 Å². The van der Waals surface area contributed by atoms with Crippen molar-refractivity contribution in [3.05, 3.63) is 23.8 Å². The van der Waals surface area contributed by atoms with Crippen molar-refractivity contribution < 1.29 is 4.74 Å². The van der Waals surface area contributed by atoms with Crippen molar-refractivity contribution >= 4 is 5.69 Å². The fourth-order valence-corrected chi connectivity index (χ4v) is 3.47. The third-order valence-corrected chi connectivity index (χ3v) is 4.41. The molecule has 3 unspecified atom stereocenters. The molecule has 1 heterocycles. The van der Waals surface area contributed by atoms with Crippen LogP contribution in [0.5, 0.6) is 5.75 Å². The molecule has 1 fully saturated rings. The Balaban J connectivity index is 1.78. The zero-order chi connectivity index (χ0) is 12.5. The van der Waals surface area contributed by atoms with Gasteiger partial charge in [0.25, 0.3) is 0 Å². The van der Waals surface area contributed by atoms with E-state index in [0.717, 1.165) is 11.7 Å². The van der Waals surface area contributed by atoms with E-state index in [0.29, 0.717) is 12.1 Å². The van der Waals surface area contributed by atoms with Crippen molar-refractivity contribution in [2.45, 2.75) is 58.1 Å². The van der Waals surface area contributed by atoms with E-state index in [4.69, 9.17) is 4.74 Å². The lowest BCUT2D eigenvalue weighted by molar-refractivity contribution is 0.104. The Labute approximate surface area is 110 Å². The average molecular weight is 245 g/mol. The first-order chi connectivity index (χ1) is 8.78. The number of anilines is 1. The maximum absolute atomic E-state index is 6.23. The molecule has 0 saturated heterocycles. The van der Waals surface area contributed by atoms with Crippen molar-refractivity contribution in [3.63, 3.8) is 0 Å². The topological polar surface area (TPSA) is 21.3 Å². The van der Waals surface area contributed by atoms with Gasteiger partial charge >= 0.3 is 0 Å². The lowest BCUT2D eigenvalue weighted by atomic mass is 9.80. The van der Waals surface area contributed by atoms with Crippen LogP contribution in [0.2, 0.25) is 0 Å². The van der Waals surface area contributed by atoms with E-state index in [1.54, 1.807) is 0 Å². The number of hydrogen-bond donors (Lipinski definition) is 1. The van der Waals surface area contributed by atoms with E-state index in [1.807, 2.05) is 0 Å². The fraction of sp³-hybridized carbons (Fsp3) is 0.625. The molecule has 0 amide bonds. The Morgan fingerprint density at radius 1 is 1.33 bits per heavy atom. The van der Waals surface area contributed by atoms with Crippen LogP contribution >= 0.6 is 0 Å². The van der Waals surface area contributed by atoms with Gasteiger partial charge < -0.3 is 10.1 Å². The predicted octanol–water partition coefficient (Wildman–Crippen LogP) is 4.14. The first-order valence-electron chi connectivity index (χ1n) is 7.30. The summed E-state index contributed by atoms with van der Waals surface area (Å²) < 4.78 is 6.23. The molecule has 3 atom stereocenters. The molecule has 0 radical (unpaired) electrons. The van der Waals surface area contributed by atoms with Crippen LogP contribution in [0.4, 0.5) is 5.69 Å². The highest BCUT2D eigenvalue weighted by Gasteiger charge is 2.35. The summed E-state index contributed by atoms with van der Waals surface area (Å²) in [5, 5.41) is 3.70. The minimum Gasteiger partial charge on any atom is -0.486 e. The number of para-hydroxylation sites is 1. The summed E-state index contributed by atoms with van der Waals surface area (Å²) in [6.45, 7) is 4.42. The van der Waals surface area contributed by atoms with Crippen LogP contribution in [0.3, 0.4) is 0 Å². The first kappa shape index (κ1) is 11.9. The van der Waals surface area contributed by atoms with Gasteiger partial charge in [-0.3, -0.25) is 0 Å². The second-order valence-corrected chi connectivity index (χ2v) is 5.83. The largest absolute Gasteiger partial charge is 0.486 e. The quantitative estimate of drug-likeness (QED) is 0.845. The van der Waals surface area contributed by atoms with Gasteiger partial charge in [-0.2, -0.15) is 0 Å². The zero-order valence-electron chi connectivity index (χ0n) is 11.4. The molecule has 0 aromatic heterocycles. The molecule has 3 rings (SSSR count). The smallest absolute Gasteiger partial charge is 0.145 e. The van der Waals surface area contributed by atoms with Crippen LogP contribution in [-0.2, 0) is 0 Å². The highest BCUT2D eigenvalue weighted by Crippen LogP contribution is 2.40. The monoisotopic (exact) mass is 245 g/mol. The standard InChI is InChI=1S/C16H23NO/c1-3-5-12-8-9-15-14(10-12)17-13-7-4-6-11(2)16(13)18-15/h4,6-7,12,14-15,17H,3,5,8-10H2,1-2H3. The molecule has 0 bridgehead atoms. The highest BCUT2D eigenvalue weighted by atomic mass is 16.5. The molecular weight excluding hydrogens is 222 g/mol. The number of aryl methyl sites for hydroxylation is 1. The number of hydrogen-bond acceptors (Lipinski definition) is 2. The predicted molar refractivity (Wildman–Crippen MR) is 75.3 cm³/mol. The molecule has 1 aromatic rings. The summed E-state index contributed by atoms with van der Waals surface area (Å²) in [6.07, 6.45) is 6.86. The third-order valence-electron chi connectivity index (χ3n) is 4.41. The van der Waals surface area contributed by atoms with Gasteiger partial charge in [0.2, 0.25) is 0 Å². The molecule has 1 saturated carbocycles. The van der Waals surface area contributed by atoms with Crippen LogP contribution in [0.1, 0.15) is 44.6 Å². The van der Waals surface area contributed by atoms with E-state index in [1.165, 1.54) is 43.4 Å². The van der Waals surface area contributed by atoms with E-state index in [2.05, 4.69) is 37.4 Å². The Hall–Kier alpha value is -1.18.